The molecule has 0 radical (unpaired) electrons. The second-order valence-electron chi connectivity index (χ2n) is 6.01. The van der Waals surface area contributed by atoms with Crippen molar-refractivity contribution in [3.05, 3.63) is 47.0 Å². The highest BCUT2D eigenvalue weighted by Crippen LogP contribution is 2.19. The molecule has 5 nitrogen and oxygen atoms in total. The molecule has 22 heavy (non-hydrogen) atoms. The highest BCUT2D eigenvalue weighted by Gasteiger charge is 2.22. The van der Waals surface area contributed by atoms with E-state index in [0.29, 0.717) is 6.42 Å². The molecule has 1 aliphatic heterocycles. The van der Waals surface area contributed by atoms with E-state index in [1.165, 1.54) is 11.1 Å². The largest absolute Gasteiger partial charge is 0.346 e. The first kappa shape index (κ1) is 14.8. The molecule has 2 heterocycles. The van der Waals surface area contributed by atoms with Crippen LogP contribution in [0.4, 0.5) is 0 Å². The third-order valence-electron chi connectivity index (χ3n) is 4.13. The van der Waals surface area contributed by atoms with E-state index < -0.39 is 0 Å². The van der Waals surface area contributed by atoms with Crippen molar-refractivity contribution in [2.24, 2.45) is 0 Å². The number of fused-ring (bicyclic) bond motifs is 1. The average Bonchev–Trinajstić information content (AvgIpc) is 3.07. The van der Waals surface area contributed by atoms with E-state index in [0.717, 1.165) is 37.5 Å². The van der Waals surface area contributed by atoms with E-state index in [1.54, 1.807) is 0 Å². The summed E-state index contributed by atoms with van der Waals surface area (Å²) in [5.74, 6) is 1.97. The van der Waals surface area contributed by atoms with Crippen molar-refractivity contribution in [3.63, 3.8) is 0 Å². The highest BCUT2D eigenvalue weighted by atomic mass is 16.1. The molecule has 1 aromatic heterocycles. The lowest BCUT2D eigenvalue weighted by Gasteiger charge is -2.14. The van der Waals surface area contributed by atoms with Crippen LogP contribution in [0, 0.1) is 6.92 Å². The number of nitrogens with zero attached hydrogens (tertiary/aromatic N) is 3. The standard InChI is InChI=1S/C17H22N4O/c1-12-5-3-6-14(11-12)8-9-16(22)18-13(2)17-20-19-15-7-4-10-21(15)17/h3,5-6,11,13H,4,7-10H2,1-2H3,(H,18,22)/t13-/m0/s1. The summed E-state index contributed by atoms with van der Waals surface area (Å²) in [7, 11) is 0. The fourth-order valence-electron chi connectivity index (χ4n) is 3.00. The minimum atomic E-state index is -0.0932. The molecular weight excluding hydrogens is 276 g/mol. The van der Waals surface area contributed by atoms with Gasteiger partial charge in [0.05, 0.1) is 6.04 Å². The number of nitrogens with one attached hydrogen (secondary N) is 1. The summed E-state index contributed by atoms with van der Waals surface area (Å²) in [5, 5.41) is 11.4. The molecule has 0 saturated heterocycles. The summed E-state index contributed by atoms with van der Waals surface area (Å²) in [6, 6.07) is 8.20. The summed E-state index contributed by atoms with van der Waals surface area (Å²) in [5.41, 5.74) is 2.43. The number of hydrogen-bond acceptors (Lipinski definition) is 3. The van der Waals surface area contributed by atoms with E-state index in [9.17, 15) is 4.79 Å². The molecule has 0 aliphatic carbocycles. The maximum atomic E-state index is 12.1. The van der Waals surface area contributed by atoms with Crippen LogP contribution in [0.1, 0.15) is 48.6 Å². The van der Waals surface area contributed by atoms with Crippen molar-refractivity contribution in [1.29, 1.82) is 0 Å². The number of carbonyl (C=O) groups excluding carboxylic acids is 1. The van der Waals surface area contributed by atoms with Crippen LogP contribution < -0.4 is 5.32 Å². The molecule has 0 saturated carbocycles. The predicted molar refractivity (Wildman–Crippen MR) is 84.4 cm³/mol. The van der Waals surface area contributed by atoms with Crippen LogP contribution in [-0.2, 0) is 24.2 Å². The second-order valence-corrected chi connectivity index (χ2v) is 6.01. The van der Waals surface area contributed by atoms with Crippen molar-refractivity contribution in [2.45, 2.75) is 52.1 Å². The molecule has 2 aromatic rings. The fourth-order valence-corrected chi connectivity index (χ4v) is 3.00. The minimum Gasteiger partial charge on any atom is -0.346 e. The molecule has 5 heteroatoms. The Morgan fingerprint density at radius 1 is 1.41 bits per heavy atom. The van der Waals surface area contributed by atoms with Gasteiger partial charge in [-0.25, -0.2) is 0 Å². The smallest absolute Gasteiger partial charge is 0.220 e. The predicted octanol–water partition coefficient (Wildman–Crippen LogP) is 2.34. The number of aromatic nitrogens is 3. The van der Waals surface area contributed by atoms with E-state index in [4.69, 9.17) is 0 Å². The second kappa shape index (κ2) is 6.30. The molecule has 1 atom stereocenters. The average molecular weight is 298 g/mol. The van der Waals surface area contributed by atoms with Gasteiger partial charge in [-0.15, -0.1) is 10.2 Å². The van der Waals surface area contributed by atoms with Gasteiger partial charge in [0, 0.05) is 19.4 Å². The van der Waals surface area contributed by atoms with E-state index >= 15 is 0 Å². The molecule has 1 aliphatic rings. The highest BCUT2D eigenvalue weighted by molar-refractivity contribution is 5.76. The van der Waals surface area contributed by atoms with Gasteiger partial charge in [0.1, 0.15) is 5.82 Å². The fraction of sp³-hybridized carbons (Fsp3) is 0.471. The van der Waals surface area contributed by atoms with Gasteiger partial charge in [0.15, 0.2) is 5.82 Å². The van der Waals surface area contributed by atoms with Crippen LogP contribution >= 0.6 is 0 Å². The molecule has 1 aromatic carbocycles. The summed E-state index contributed by atoms with van der Waals surface area (Å²) in [6.07, 6.45) is 3.36. The van der Waals surface area contributed by atoms with Gasteiger partial charge in [-0.3, -0.25) is 4.79 Å². The van der Waals surface area contributed by atoms with Crippen LogP contribution in [0.3, 0.4) is 0 Å². The first-order valence-electron chi connectivity index (χ1n) is 7.90. The van der Waals surface area contributed by atoms with Crippen molar-refractivity contribution < 1.29 is 4.79 Å². The quantitative estimate of drug-likeness (QED) is 0.921. The topological polar surface area (TPSA) is 59.8 Å². The zero-order valence-corrected chi connectivity index (χ0v) is 13.2. The van der Waals surface area contributed by atoms with Crippen molar-refractivity contribution in [3.8, 4) is 0 Å². The molecule has 0 bridgehead atoms. The molecule has 1 N–H and O–H groups in total. The summed E-state index contributed by atoms with van der Waals surface area (Å²) in [4.78, 5) is 12.1. The Balaban J connectivity index is 1.55. The summed E-state index contributed by atoms with van der Waals surface area (Å²) in [6.45, 7) is 5.00. The third-order valence-corrected chi connectivity index (χ3v) is 4.13. The first-order chi connectivity index (χ1) is 10.6. The van der Waals surface area contributed by atoms with Gasteiger partial charge in [-0.2, -0.15) is 0 Å². The molecule has 0 fully saturated rings. The zero-order chi connectivity index (χ0) is 15.5. The lowest BCUT2D eigenvalue weighted by atomic mass is 10.1. The number of carbonyl (C=O) groups is 1. The van der Waals surface area contributed by atoms with Crippen LogP contribution in [-0.4, -0.2) is 20.7 Å². The Morgan fingerprint density at radius 2 is 2.27 bits per heavy atom. The van der Waals surface area contributed by atoms with Crippen molar-refractivity contribution >= 4 is 5.91 Å². The number of hydrogen-bond donors (Lipinski definition) is 1. The molecular formula is C17H22N4O. The van der Waals surface area contributed by atoms with Gasteiger partial charge in [-0.1, -0.05) is 29.8 Å². The van der Waals surface area contributed by atoms with Crippen molar-refractivity contribution in [1.82, 2.24) is 20.1 Å². The number of benzene rings is 1. The Labute approximate surface area is 130 Å². The summed E-state index contributed by atoms with van der Waals surface area (Å²) >= 11 is 0. The maximum Gasteiger partial charge on any atom is 0.220 e. The van der Waals surface area contributed by atoms with Gasteiger partial charge < -0.3 is 9.88 Å². The third kappa shape index (κ3) is 3.18. The Morgan fingerprint density at radius 3 is 3.09 bits per heavy atom. The lowest BCUT2D eigenvalue weighted by Crippen LogP contribution is -2.28. The van der Waals surface area contributed by atoms with Gasteiger partial charge >= 0.3 is 0 Å². The van der Waals surface area contributed by atoms with Crippen LogP contribution in [0.2, 0.25) is 0 Å². The number of amides is 1. The molecule has 116 valence electrons. The molecule has 0 unspecified atom stereocenters. The monoisotopic (exact) mass is 298 g/mol. The lowest BCUT2D eigenvalue weighted by molar-refractivity contribution is -0.121. The van der Waals surface area contributed by atoms with Gasteiger partial charge in [0.25, 0.3) is 0 Å². The van der Waals surface area contributed by atoms with Gasteiger partial charge in [-0.05, 0) is 32.3 Å². The zero-order valence-electron chi connectivity index (χ0n) is 13.2. The summed E-state index contributed by atoms with van der Waals surface area (Å²) < 4.78 is 2.13. The van der Waals surface area contributed by atoms with E-state index in [-0.39, 0.29) is 11.9 Å². The Kier molecular flexibility index (Phi) is 4.22. The minimum absolute atomic E-state index is 0.0596. The van der Waals surface area contributed by atoms with Crippen LogP contribution in [0.15, 0.2) is 24.3 Å². The number of rotatable bonds is 5. The van der Waals surface area contributed by atoms with E-state index in [1.807, 2.05) is 13.0 Å². The molecule has 3 rings (SSSR count). The maximum absolute atomic E-state index is 12.1. The molecule has 1 amide bonds. The van der Waals surface area contributed by atoms with Crippen LogP contribution in [0.5, 0.6) is 0 Å². The SMILES string of the molecule is Cc1cccc(CCC(=O)N[C@@H](C)c2nnc3n2CCC3)c1. The normalized spacial score (nSPS) is 14.6. The Bertz CT molecular complexity index is 677. The first-order valence-corrected chi connectivity index (χ1v) is 7.90. The van der Waals surface area contributed by atoms with Crippen molar-refractivity contribution in [2.75, 3.05) is 0 Å². The number of aryl methyl sites for hydroxylation is 3. The Hall–Kier alpha value is -2.17. The van der Waals surface area contributed by atoms with Gasteiger partial charge in [0.2, 0.25) is 5.91 Å². The van der Waals surface area contributed by atoms with E-state index in [2.05, 4.69) is 45.2 Å². The molecule has 0 spiro atoms. The van der Waals surface area contributed by atoms with Crippen LogP contribution in [0.25, 0.3) is 0 Å².